The van der Waals surface area contributed by atoms with E-state index in [9.17, 15) is 0 Å². The Morgan fingerprint density at radius 2 is 2.07 bits per heavy atom. The molecule has 1 aliphatic rings. The summed E-state index contributed by atoms with van der Waals surface area (Å²) in [7, 11) is 0. The van der Waals surface area contributed by atoms with E-state index in [0.717, 1.165) is 30.4 Å². The predicted octanol–water partition coefficient (Wildman–Crippen LogP) is 0.844. The molecule has 4 heteroatoms. The Morgan fingerprint density at radius 3 is 2.71 bits per heavy atom. The molecule has 0 amide bonds. The summed E-state index contributed by atoms with van der Waals surface area (Å²) in [5, 5.41) is 0. The highest BCUT2D eigenvalue weighted by molar-refractivity contribution is 5.40. The fourth-order valence-electron chi connectivity index (χ4n) is 1.81. The maximum atomic E-state index is 5.54. The number of aromatic nitrogens is 2. The van der Waals surface area contributed by atoms with Crippen LogP contribution in [0.15, 0.2) is 6.07 Å². The maximum absolute atomic E-state index is 5.54. The molecule has 0 aromatic carbocycles. The topological polar surface area (TPSA) is 55.0 Å². The molecule has 14 heavy (non-hydrogen) atoms. The minimum absolute atomic E-state index is 0.419. The van der Waals surface area contributed by atoms with Crippen LogP contribution >= 0.6 is 0 Å². The molecule has 1 aromatic heterocycles. The van der Waals surface area contributed by atoms with Crippen molar-refractivity contribution in [3.05, 3.63) is 17.6 Å². The molecule has 2 N–H and O–H groups in total. The first-order valence-corrected chi connectivity index (χ1v) is 5.09. The van der Waals surface area contributed by atoms with Gasteiger partial charge in [0.2, 0.25) is 0 Å². The lowest BCUT2D eigenvalue weighted by molar-refractivity contribution is 0.852. The summed E-state index contributed by atoms with van der Waals surface area (Å²) in [6, 6.07) is 2.03. The second-order valence-corrected chi connectivity index (χ2v) is 3.68. The maximum Gasteiger partial charge on any atom is 0.144 e. The van der Waals surface area contributed by atoms with E-state index in [0.29, 0.717) is 6.54 Å². The predicted molar refractivity (Wildman–Crippen MR) is 56.1 cm³/mol. The van der Waals surface area contributed by atoms with Crippen molar-refractivity contribution in [2.75, 3.05) is 18.0 Å². The summed E-state index contributed by atoms with van der Waals surface area (Å²) in [5.41, 5.74) is 6.54. The van der Waals surface area contributed by atoms with E-state index in [-0.39, 0.29) is 0 Å². The van der Waals surface area contributed by atoms with E-state index < -0.39 is 0 Å². The van der Waals surface area contributed by atoms with Crippen molar-refractivity contribution in [3.8, 4) is 0 Å². The molecule has 0 saturated carbocycles. The van der Waals surface area contributed by atoms with Crippen LogP contribution in [0.25, 0.3) is 0 Å². The van der Waals surface area contributed by atoms with Crippen molar-refractivity contribution in [2.45, 2.75) is 26.3 Å². The fraction of sp³-hybridized carbons (Fsp3) is 0.600. The van der Waals surface area contributed by atoms with Crippen molar-refractivity contribution in [1.29, 1.82) is 0 Å². The largest absolute Gasteiger partial charge is 0.357 e. The Kier molecular flexibility index (Phi) is 2.63. The molecule has 0 radical (unpaired) electrons. The highest BCUT2D eigenvalue weighted by Crippen LogP contribution is 2.18. The lowest BCUT2D eigenvalue weighted by Crippen LogP contribution is -2.20. The Morgan fingerprint density at radius 1 is 1.36 bits per heavy atom. The lowest BCUT2D eigenvalue weighted by atomic mass is 10.4. The fourth-order valence-corrected chi connectivity index (χ4v) is 1.81. The van der Waals surface area contributed by atoms with Crippen molar-refractivity contribution in [1.82, 2.24) is 9.97 Å². The quantitative estimate of drug-likeness (QED) is 0.754. The number of nitrogens with two attached hydrogens (primary N) is 1. The first-order valence-electron chi connectivity index (χ1n) is 5.09. The van der Waals surface area contributed by atoms with Crippen LogP contribution in [0.5, 0.6) is 0 Å². The highest BCUT2D eigenvalue weighted by Gasteiger charge is 2.14. The van der Waals surface area contributed by atoms with Crippen molar-refractivity contribution in [2.24, 2.45) is 5.73 Å². The minimum Gasteiger partial charge on any atom is -0.357 e. The van der Waals surface area contributed by atoms with Gasteiger partial charge in [0.05, 0.1) is 6.54 Å². The van der Waals surface area contributed by atoms with Gasteiger partial charge in [-0.25, -0.2) is 9.97 Å². The molecular weight excluding hydrogens is 176 g/mol. The highest BCUT2D eigenvalue weighted by atomic mass is 15.2. The van der Waals surface area contributed by atoms with Gasteiger partial charge in [-0.05, 0) is 19.8 Å². The second-order valence-electron chi connectivity index (χ2n) is 3.68. The van der Waals surface area contributed by atoms with E-state index in [2.05, 4.69) is 14.9 Å². The summed E-state index contributed by atoms with van der Waals surface area (Å²) in [6.07, 6.45) is 2.53. The number of hydrogen-bond donors (Lipinski definition) is 1. The third-order valence-electron chi connectivity index (χ3n) is 2.50. The van der Waals surface area contributed by atoms with Crippen molar-refractivity contribution >= 4 is 5.82 Å². The number of anilines is 1. The summed E-state index contributed by atoms with van der Waals surface area (Å²) in [5.74, 6) is 1.78. The van der Waals surface area contributed by atoms with E-state index in [1.54, 1.807) is 0 Å². The molecule has 1 aromatic rings. The van der Waals surface area contributed by atoms with Gasteiger partial charge in [-0.2, -0.15) is 0 Å². The van der Waals surface area contributed by atoms with Gasteiger partial charge in [-0.3, -0.25) is 0 Å². The normalized spacial score (nSPS) is 16.3. The Bertz CT molecular complexity index is 318. The first-order chi connectivity index (χ1) is 6.79. The molecule has 1 saturated heterocycles. The second kappa shape index (κ2) is 3.92. The summed E-state index contributed by atoms with van der Waals surface area (Å²) >= 11 is 0. The van der Waals surface area contributed by atoms with Crippen LogP contribution in [-0.2, 0) is 6.54 Å². The van der Waals surface area contributed by atoms with Crippen LogP contribution < -0.4 is 10.6 Å². The molecular formula is C10H16N4. The molecule has 0 atom stereocenters. The lowest BCUT2D eigenvalue weighted by Gasteiger charge is -2.17. The molecule has 0 unspecified atom stereocenters. The van der Waals surface area contributed by atoms with Gasteiger partial charge in [0.25, 0.3) is 0 Å². The van der Waals surface area contributed by atoms with Gasteiger partial charge < -0.3 is 10.6 Å². The number of aryl methyl sites for hydroxylation is 1. The van der Waals surface area contributed by atoms with Gasteiger partial charge in [-0.15, -0.1) is 0 Å². The number of hydrogen-bond acceptors (Lipinski definition) is 4. The first kappa shape index (κ1) is 9.40. The Hall–Kier alpha value is -1.16. The van der Waals surface area contributed by atoms with Crippen LogP contribution in [0, 0.1) is 6.92 Å². The molecule has 0 bridgehead atoms. The van der Waals surface area contributed by atoms with Crippen LogP contribution in [0.1, 0.15) is 24.4 Å². The standard InChI is InChI=1S/C10H16N4/c1-8-6-10(13-9(7-11)12-8)14-4-2-3-5-14/h6H,2-5,7,11H2,1H3. The zero-order valence-corrected chi connectivity index (χ0v) is 8.53. The number of rotatable bonds is 2. The van der Waals surface area contributed by atoms with Crippen molar-refractivity contribution in [3.63, 3.8) is 0 Å². The van der Waals surface area contributed by atoms with Gasteiger partial charge >= 0.3 is 0 Å². The van der Waals surface area contributed by atoms with Gasteiger partial charge in [0.15, 0.2) is 0 Å². The van der Waals surface area contributed by atoms with Crippen LogP contribution in [0.4, 0.5) is 5.82 Å². The third kappa shape index (κ3) is 1.85. The van der Waals surface area contributed by atoms with Gasteiger partial charge in [0.1, 0.15) is 11.6 Å². The molecule has 1 fully saturated rings. The smallest absolute Gasteiger partial charge is 0.144 e. The minimum atomic E-state index is 0.419. The molecule has 4 nitrogen and oxygen atoms in total. The molecule has 76 valence electrons. The van der Waals surface area contributed by atoms with E-state index >= 15 is 0 Å². The molecule has 1 aliphatic heterocycles. The van der Waals surface area contributed by atoms with Crippen LogP contribution in [0.2, 0.25) is 0 Å². The summed E-state index contributed by atoms with van der Waals surface area (Å²) in [4.78, 5) is 11.0. The number of nitrogens with zero attached hydrogens (tertiary/aromatic N) is 3. The Balaban J connectivity index is 2.27. The van der Waals surface area contributed by atoms with Crippen LogP contribution in [0.3, 0.4) is 0 Å². The van der Waals surface area contributed by atoms with E-state index in [4.69, 9.17) is 5.73 Å². The van der Waals surface area contributed by atoms with Gasteiger partial charge in [0, 0.05) is 24.8 Å². The average Bonchev–Trinajstić information content (AvgIpc) is 2.69. The SMILES string of the molecule is Cc1cc(N2CCCC2)nc(CN)n1. The van der Waals surface area contributed by atoms with Gasteiger partial charge in [-0.1, -0.05) is 0 Å². The summed E-state index contributed by atoms with van der Waals surface area (Å²) < 4.78 is 0. The van der Waals surface area contributed by atoms with E-state index in [1.807, 2.05) is 13.0 Å². The average molecular weight is 192 g/mol. The molecule has 2 heterocycles. The molecule has 0 aliphatic carbocycles. The van der Waals surface area contributed by atoms with E-state index in [1.165, 1.54) is 12.8 Å². The summed E-state index contributed by atoms with van der Waals surface area (Å²) in [6.45, 7) is 4.63. The Labute approximate surface area is 84.2 Å². The molecule has 2 rings (SSSR count). The van der Waals surface area contributed by atoms with Crippen LogP contribution in [-0.4, -0.2) is 23.1 Å². The zero-order valence-electron chi connectivity index (χ0n) is 8.53. The third-order valence-corrected chi connectivity index (χ3v) is 2.50. The zero-order chi connectivity index (χ0) is 9.97. The monoisotopic (exact) mass is 192 g/mol. The van der Waals surface area contributed by atoms with Crippen molar-refractivity contribution < 1.29 is 0 Å². The molecule has 0 spiro atoms.